The topological polar surface area (TPSA) is 55.1 Å². The zero-order valence-corrected chi connectivity index (χ0v) is 9.93. The smallest absolute Gasteiger partial charge is 0.310 e. The van der Waals surface area contributed by atoms with Gasteiger partial charge in [-0.05, 0) is 25.1 Å². The zero-order chi connectivity index (χ0) is 12.4. The van der Waals surface area contributed by atoms with E-state index < -0.39 is 11.9 Å². The molecule has 1 atom stereocenters. The molecule has 4 nitrogen and oxygen atoms in total. The van der Waals surface area contributed by atoms with Crippen LogP contribution in [0.5, 0.6) is 0 Å². The molecule has 0 fully saturated rings. The highest BCUT2D eigenvalue weighted by Crippen LogP contribution is 2.18. The lowest BCUT2D eigenvalue weighted by Crippen LogP contribution is -2.06. The lowest BCUT2D eigenvalue weighted by molar-refractivity contribution is -0.138. The molecule has 1 aromatic heterocycles. The Labute approximate surface area is 103 Å². The van der Waals surface area contributed by atoms with Crippen LogP contribution in [0.3, 0.4) is 0 Å². The maximum atomic E-state index is 10.8. The van der Waals surface area contributed by atoms with Crippen molar-refractivity contribution in [3.63, 3.8) is 0 Å². The summed E-state index contributed by atoms with van der Waals surface area (Å²) in [5.41, 5.74) is 1.47. The van der Waals surface area contributed by atoms with Crippen LogP contribution < -0.4 is 0 Å². The van der Waals surface area contributed by atoms with E-state index in [0.717, 1.165) is 5.69 Å². The van der Waals surface area contributed by atoms with Gasteiger partial charge >= 0.3 is 5.97 Å². The van der Waals surface area contributed by atoms with Gasteiger partial charge in [0.25, 0.3) is 0 Å². The maximum absolute atomic E-state index is 10.8. The van der Waals surface area contributed by atoms with Crippen molar-refractivity contribution in [2.24, 2.45) is 0 Å². The second-order valence-corrected chi connectivity index (χ2v) is 4.19. The zero-order valence-electron chi connectivity index (χ0n) is 9.17. The number of hydrogen-bond acceptors (Lipinski definition) is 2. The number of rotatable bonds is 3. The third-order valence-electron chi connectivity index (χ3n) is 2.55. The van der Waals surface area contributed by atoms with Crippen LogP contribution >= 0.6 is 11.6 Å². The largest absolute Gasteiger partial charge is 0.481 e. The van der Waals surface area contributed by atoms with Gasteiger partial charge in [-0.3, -0.25) is 4.79 Å². The Morgan fingerprint density at radius 3 is 2.94 bits per heavy atom. The van der Waals surface area contributed by atoms with Crippen molar-refractivity contribution in [3.05, 3.63) is 47.2 Å². The maximum Gasteiger partial charge on any atom is 0.310 e. The van der Waals surface area contributed by atoms with Gasteiger partial charge in [0.2, 0.25) is 0 Å². The predicted octanol–water partition coefficient (Wildman–Crippen LogP) is 2.71. The van der Waals surface area contributed by atoms with E-state index in [1.807, 2.05) is 12.1 Å². The molecule has 0 spiro atoms. The molecule has 2 rings (SSSR count). The molecule has 1 aromatic carbocycles. The first-order valence-electron chi connectivity index (χ1n) is 5.11. The Hall–Kier alpha value is -1.81. The van der Waals surface area contributed by atoms with E-state index in [0.29, 0.717) is 10.6 Å². The standard InChI is InChI=1S/C12H11ClN2O2/c1-8(12(16)17)9-6-14-15(7-9)11-4-2-3-10(13)5-11/h2-8H,1H3,(H,16,17). The van der Waals surface area contributed by atoms with Crippen LogP contribution in [0, 0.1) is 0 Å². The van der Waals surface area contributed by atoms with Crippen molar-refractivity contribution in [1.29, 1.82) is 0 Å². The van der Waals surface area contributed by atoms with Crippen LogP contribution in [0.1, 0.15) is 18.4 Å². The molecule has 88 valence electrons. The quantitative estimate of drug-likeness (QED) is 0.911. The van der Waals surface area contributed by atoms with Gasteiger partial charge in [0.15, 0.2) is 0 Å². The summed E-state index contributed by atoms with van der Waals surface area (Å²) in [5, 5.41) is 13.6. The molecule has 0 aliphatic heterocycles. The van der Waals surface area contributed by atoms with Gasteiger partial charge in [-0.2, -0.15) is 5.10 Å². The van der Waals surface area contributed by atoms with E-state index in [-0.39, 0.29) is 0 Å². The summed E-state index contributed by atoms with van der Waals surface area (Å²) in [6.07, 6.45) is 3.25. The number of halogens is 1. The minimum atomic E-state index is -0.865. The summed E-state index contributed by atoms with van der Waals surface area (Å²) in [7, 11) is 0. The third kappa shape index (κ3) is 2.47. The SMILES string of the molecule is CC(C(=O)O)c1cnn(-c2cccc(Cl)c2)c1. The summed E-state index contributed by atoms with van der Waals surface area (Å²) >= 11 is 5.88. The highest BCUT2D eigenvalue weighted by atomic mass is 35.5. The van der Waals surface area contributed by atoms with Crippen molar-refractivity contribution in [1.82, 2.24) is 9.78 Å². The van der Waals surface area contributed by atoms with Gasteiger partial charge < -0.3 is 5.11 Å². The molecule has 0 radical (unpaired) electrons. The summed E-state index contributed by atoms with van der Waals surface area (Å²) in [6.45, 7) is 1.63. The van der Waals surface area contributed by atoms with Crippen molar-refractivity contribution in [3.8, 4) is 5.69 Å². The predicted molar refractivity (Wildman–Crippen MR) is 64.6 cm³/mol. The number of carboxylic acids is 1. The van der Waals surface area contributed by atoms with E-state index in [9.17, 15) is 4.79 Å². The summed E-state index contributed by atoms with van der Waals surface area (Å²) in [6, 6.07) is 7.22. The minimum Gasteiger partial charge on any atom is -0.481 e. The lowest BCUT2D eigenvalue weighted by atomic mass is 10.1. The van der Waals surface area contributed by atoms with Crippen LogP contribution in [0.25, 0.3) is 5.69 Å². The molecule has 0 saturated carbocycles. The summed E-state index contributed by atoms with van der Waals surface area (Å²) in [4.78, 5) is 10.8. The molecule has 5 heteroatoms. The Morgan fingerprint density at radius 1 is 1.53 bits per heavy atom. The highest BCUT2D eigenvalue weighted by Gasteiger charge is 2.15. The van der Waals surface area contributed by atoms with Crippen molar-refractivity contribution in [2.45, 2.75) is 12.8 Å². The first-order valence-corrected chi connectivity index (χ1v) is 5.49. The van der Waals surface area contributed by atoms with E-state index >= 15 is 0 Å². The van der Waals surface area contributed by atoms with Crippen LogP contribution in [0.4, 0.5) is 0 Å². The number of hydrogen-bond donors (Lipinski definition) is 1. The number of nitrogens with zero attached hydrogens (tertiary/aromatic N) is 2. The number of carbonyl (C=O) groups is 1. The highest BCUT2D eigenvalue weighted by molar-refractivity contribution is 6.30. The van der Waals surface area contributed by atoms with Gasteiger partial charge in [0.1, 0.15) is 0 Å². The number of aromatic nitrogens is 2. The molecule has 0 aliphatic carbocycles. The normalized spacial score (nSPS) is 12.4. The summed E-state index contributed by atoms with van der Waals surface area (Å²) < 4.78 is 1.61. The number of benzene rings is 1. The van der Waals surface area contributed by atoms with Gasteiger partial charge in [0, 0.05) is 16.8 Å². The van der Waals surface area contributed by atoms with E-state index in [1.165, 1.54) is 0 Å². The van der Waals surface area contributed by atoms with Crippen molar-refractivity contribution in [2.75, 3.05) is 0 Å². The monoisotopic (exact) mass is 250 g/mol. The van der Waals surface area contributed by atoms with Gasteiger partial charge in [-0.25, -0.2) is 4.68 Å². The molecule has 0 saturated heterocycles. The molecule has 17 heavy (non-hydrogen) atoms. The second-order valence-electron chi connectivity index (χ2n) is 3.76. The molecule has 1 unspecified atom stereocenters. The van der Waals surface area contributed by atoms with Crippen molar-refractivity contribution < 1.29 is 9.90 Å². The molecular formula is C12H11ClN2O2. The molecule has 0 bridgehead atoms. The van der Waals surface area contributed by atoms with Gasteiger partial charge in [0.05, 0.1) is 17.8 Å². The minimum absolute atomic E-state index is 0.567. The fourth-order valence-electron chi connectivity index (χ4n) is 1.46. The average molecular weight is 251 g/mol. The van der Waals surface area contributed by atoms with Crippen LogP contribution in [0.15, 0.2) is 36.7 Å². The Bertz CT molecular complexity index is 551. The lowest BCUT2D eigenvalue weighted by Gasteiger charge is -2.02. The van der Waals surface area contributed by atoms with Crippen molar-refractivity contribution >= 4 is 17.6 Å². The second kappa shape index (κ2) is 4.59. The fraction of sp³-hybridized carbons (Fsp3) is 0.167. The average Bonchev–Trinajstić information content (AvgIpc) is 2.77. The number of aliphatic carboxylic acids is 1. The van der Waals surface area contributed by atoms with E-state index in [4.69, 9.17) is 16.7 Å². The first kappa shape index (κ1) is 11.7. The van der Waals surface area contributed by atoms with Gasteiger partial charge in [-0.15, -0.1) is 0 Å². The Morgan fingerprint density at radius 2 is 2.29 bits per heavy atom. The summed E-state index contributed by atoms with van der Waals surface area (Å²) in [5.74, 6) is -1.43. The van der Waals surface area contributed by atoms with Crippen LogP contribution in [0.2, 0.25) is 5.02 Å². The molecule has 0 amide bonds. The number of carboxylic acid groups (broad SMARTS) is 1. The fourth-order valence-corrected chi connectivity index (χ4v) is 1.65. The molecule has 0 aliphatic rings. The Balaban J connectivity index is 2.33. The Kier molecular flexibility index (Phi) is 3.15. The molecular weight excluding hydrogens is 240 g/mol. The third-order valence-corrected chi connectivity index (χ3v) is 2.78. The molecule has 1 N–H and O–H groups in total. The molecule has 1 heterocycles. The van der Waals surface area contributed by atoms with E-state index in [2.05, 4.69) is 5.10 Å². The van der Waals surface area contributed by atoms with Crippen LogP contribution in [-0.2, 0) is 4.79 Å². The van der Waals surface area contributed by atoms with Gasteiger partial charge in [-0.1, -0.05) is 17.7 Å². The first-order chi connectivity index (χ1) is 8.08. The van der Waals surface area contributed by atoms with Crippen LogP contribution in [-0.4, -0.2) is 20.9 Å². The van der Waals surface area contributed by atoms with E-state index in [1.54, 1.807) is 36.1 Å². The molecule has 2 aromatic rings.